The van der Waals surface area contributed by atoms with Gasteiger partial charge < -0.3 is 91.2 Å². The van der Waals surface area contributed by atoms with E-state index in [1.807, 2.05) is 48.5 Å². The van der Waals surface area contributed by atoms with Crippen molar-refractivity contribution in [2.45, 2.75) is 158 Å². The fourth-order valence-electron chi connectivity index (χ4n) is 10.7. The molecule has 0 spiro atoms. The molecule has 478 valence electrons. The summed E-state index contributed by atoms with van der Waals surface area (Å²) in [6, 6.07) is 15.2. The van der Waals surface area contributed by atoms with Crippen LogP contribution >= 0.6 is 0 Å². The first-order chi connectivity index (χ1) is 41.6. The van der Waals surface area contributed by atoms with Crippen LogP contribution in [0.4, 0.5) is 0 Å². The molecule has 0 radical (unpaired) electrons. The zero-order valence-corrected chi connectivity index (χ0v) is 50.7. The molecule has 0 bridgehead atoms. The SMILES string of the molecule is CCCCCOc1ccc(-c2ccc(-c3ccc(C(=O)N[C@H]4C[C@@H](O)[C@@H](OC(C)[N+](C)(C)C)NC(=O)[C@@H]5[C@@H](O)[C@@H](C)CN5C(=O)[C@H]([C@@H](C)O)NC(=O)C([C@H](O)[C@@H](O)c5ccc(O)cc5)NC(=O)[C@@H]5C[C@@H](O)CN5C(=O)C([C@@H](C)O)NC4=O)cc3)cc2)cc1. The second-order valence-electron chi connectivity index (χ2n) is 24.1. The van der Waals surface area contributed by atoms with Gasteiger partial charge in [0.15, 0.2) is 12.5 Å². The van der Waals surface area contributed by atoms with Crippen molar-refractivity contribution < 1.29 is 88.4 Å². The van der Waals surface area contributed by atoms with E-state index < -0.39 is 158 Å². The van der Waals surface area contributed by atoms with Crippen molar-refractivity contribution in [2.24, 2.45) is 5.92 Å². The summed E-state index contributed by atoms with van der Waals surface area (Å²) in [6.45, 7) is 7.25. The Balaban J connectivity index is 1.24. The first-order valence-corrected chi connectivity index (χ1v) is 29.7. The lowest BCUT2D eigenvalue weighted by atomic mass is 9.96. The molecule has 25 nitrogen and oxygen atoms in total. The fourth-order valence-corrected chi connectivity index (χ4v) is 10.7. The number of quaternary nitrogens is 1. The average molecular weight is 1230 g/mol. The van der Waals surface area contributed by atoms with Crippen molar-refractivity contribution in [3.8, 4) is 33.8 Å². The molecule has 0 aliphatic carbocycles. The van der Waals surface area contributed by atoms with Crippen LogP contribution in [0.1, 0.15) is 88.7 Å². The van der Waals surface area contributed by atoms with Crippen molar-refractivity contribution in [1.29, 1.82) is 0 Å². The number of aliphatic hydroxyl groups is 7. The van der Waals surface area contributed by atoms with Gasteiger partial charge in [-0.15, -0.1) is 0 Å². The molecule has 3 saturated heterocycles. The summed E-state index contributed by atoms with van der Waals surface area (Å²) in [4.78, 5) is 104. The number of fused-ring (bicyclic) bond motifs is 2. The zero-order chi connectivity index (χ0) is 64.5. The lowest BCUT2D eigenvalue weighted by Crippen LogP contribution is -2.64. The zero-order valence-electron chi connectivity index (χ0n) is 50.7. The van der Waals surface area contributed by atoms with E-state index >= 15 is 0 Å². The minimum Gasteiger partial charge on any atom is -0.508 e. The van der Waals surface area contributed by atoms with Crippen molar-refractivity contribution >= 4 is 41.4 Å². The number of carbonyl (C=O) groups is 7. The summed E-state index contributed by atoms with van der Waals surface area (Å²) in [6.07, 6.45) is -13.6. The Morgan fingerprint density at radius 2 is 1.17 bits per heavy atom. The Hall–Kier alpha value is -7.59. The largest absolute Gasteiger partial charge is 0.508 e. The van der Waals surface area contributed by atoms with Crippen LogP contribution in [0.15, 0.2) is 97.1 Å². The summed E-state index contributed by atoms with van der Waals surface area (Å²) in [5, 5.41) is 103. The molecule has 3 unspecified atom stereocenters. The number of carbonyl (C=O) groups excluding carboxylic acids is 7. The predicted octanol–water partition coefficient (Wildman–Crippen LogP) is 0.149. The number of hydrogen-bond donors (Lipinski definition) is 13. The van der Waals surface area contributed by atoms with Gasteiger partial charge in [-0.05, 0) is 84.5 Å². The van der Waals surface area contributed by atoms with E-state index in [0.717, 1.165) is 70.9 Å². The van der Waals surface area contributed by atoms with Gasteiger partial charge in [0.1, 0.15) is 66.1 Å². The number of nitrogens with zero attached hydrogens (tertiary/aromatic N) is 3. The highest BCUT2D eigenvalue weighted by molar-refractivity contribution is 6.00. The molecule has 3 aliphatic rings. The molecule has 7 amide bonds. The number of phenolic OH excluding ortho intramolecular Hbond substituents is 1. The van der Waals surface area contributed by atoms with Gasteiger partial charge in [-0.2, -0.15) is 0 Å². The molecule has 16 atom stereocenters. The van der Waals surface area contributed by atoms with Crippen LogP contribution < -0.4 is 31.3 Å². The van der Waals surface area contributed by atoms with E-state index in [2.05, 4.69) is 33.5 Å². The van der Waals surface area contributed by atoms with Gasteiger partial charge in [-0.25, -0.2) is 0 Å². The molecule has 3 fully saturated rings. The quantitative estimate of drug-likeness (QED) is 0.0380. The molecule has 3 aliphatic heterocycles. The van der Waals surface area contributed by atoms with Gasteiger partial charge in [0.25, 0.3) is 5.91 Å². The Kier molecular flexibility index (Phi) is 22.8. The van der Waals surface area contributed by atoms with Crippen molar-refractivity contribution in [1.82, 2.24) is 36.4 Å². The summed E-state index contributed by atoms with van der Waals surface area (Å²) in [5.74, 6) is -8.29. The molecular formula is C63H85N8O17+. The molecule has 0 saturated carbocycles. The van der Waals surface area contributed by atoms with Gasteiger partial charge >= 0.3 is 0 Å². The molecule has 3 heterocycles. The Morgan fingerprint density at radius 1 is 0.648 bits per heavy atom. The maximum atomic E-state index is 14.8. The van der Waals surface area contributed by atoms with Crippen LogP contribution in [0.2, 0.25) is 0 Å². The number of aliphatic hydroxyl groups excluding tert-OH is 7. The second-order valence-corrected chi connectivity index (χ2v) is 24.1. The van der Waals surface area contributed by atoms with Crippen molar-refractivity contribution in [3.63, 3.8) is 0 Å². The Labute approximate surface area is 511 Å². The lowest BCUT2D eigenvalue weighted by molar-refractivity contribution is -0.918. The van der Waals surface area contributed by atoms with Crippen LogP contribution in [-0.4, -0.2) is 223 Å². The predicted molar refractivity (Wildman–Crippen MR) is 320 cm³/mol. The van der Waals surface area contributed by atoms with E-state index in [1.54, 1.807) is 40.2 Å². The molecule has 0 aromatic heterocycles. The number of ether oxygens (including phenoxy) is 2. The van der Waals surface area contributed by atoms with E-state index in [-0.39, 0.29) is 27.9 Å². The van der Waals surface area contributed by atoms with Crippen molar-refractivity contribution in [2.75, 3.05) is 40.8 Å². The number of phenols is 1. The summed E-state index contributed by atoms with van der Waals surface area (Å²) >= 11 is 0. The summed E-state index contributed by atoms with van der Waals surface area (Å²) in [7, 11) is 5.21. The third kappa shape index (κ3) is 16.6. The highest BCUT2D eigenvalue weighted by Gasteiger charge is 2.51. The summed E-state index contributed by atoms with van der Waals surface area (Å²) in [5.41, 5.74) is 3.46. The smallest absolute Gasteiger partial charge is 0.251 e. The van der Waals surface area contributed by atoms with Gasteiger partial charge in [0.2, 0.25) is 35.4 Å². The van der Waals surface area contributed by atoms with Crippen LogP contribution in [0.3, 0.4) is 0 Å². The standard InChI is InChI=1S/C63H84N8O17/c1-9-10-11-28-87-45-26-22-40(23-27-45)38-14-12-37(13-15-38)39-16-18-42(19-17-39)56(80)64-46-30-48(76)61(88-36(5)71(6,7)8)68-60(84)52-53(77)33(2)31-70(52)63(86)50(35(4)73)66-59(83)51(55(79)54(78)41-20-24-43(74)25-21-41)67-58(82)47-29-44(75)32-69(47)62(85)49(34(3)72)65-57(46)81/h12-27,33-36,44,46-55,61,72-73,75-79H,9-11,28-32H2,1-8H3,(H5-,64,65,66,67,68,74,80,81,82,83,84)/p+1/t33-,34+,35+,36?,44+,46-,47-,48+,49?,50-,51?,52-,53-,54-,55-,61+/m0/s1. The average Bonchev–Trinajstić information content (AvgIpc) is 2.82. The van der Waals surface area contributed by atoms with Crippen LogP contribution in [0, 0.1) is 5.92 Å². The number of nitrogens with one attached hydrogen (secondary N) is 5. The van der Waals surface area contributed by atoms with E-state index in [1.165, 1.54) is 43.3 Å². The molecule has 88 heavy (non-hydrogen) atoms. The number of amides is 7. The molecule has 25 heteroatoms. The molecule has 13 N–H and O–H groups in total. The van der Waals surface area contributed by atoms with Gasteiger partial charge in [-0.3, -0.25) is 33.6 Å². The Bertz CT molecular complexity index is 3050. The van der Waals surface area contributed by atoms with Crippen LogP contribution in [0.25, 0.3) is 22.3 Å². The molecular weight excluding hydrogens is 1140 g/mol. The molecule has 4 aromatic rings. The maximum absolute atomic E-state index is 14.8. The normalized spacial score (nSPS) is 27.1. The number of unbranched alkanes of at least 4 members (excludes halogenated alkanes) is 2. The van der Waals surface area contributed by atoms with E-state index in [0.29, 0.717) is 6.61 Å². The highest BCUT2D eigenvalue weighted by Crippen LogP contribution is 2.30. The molecule has 7 rings (SSSR count). The van der Waals surface area contributed by atoms with Gasteiger partial charge in [-0.1, -0.05) is 87.4 Å². The minimum atomic E-state index is -2.29. The fraction of sp³-hybridized carbons (Fsp3) is 0.508. The minimum absolute atomic E-state index is 0.0430. The van der Waals surface area contributed by atoms with E-state index in [9.17, 15) is 74.4 Å². The highest BCUT2D eigenvalue weighted by atomic mass is 16.5. The first-order valence-electron chi connectivity index (χ1n) is 29.7. The third-order valence-corrected chi connectivity index (χ3v) is 16.5. The number of benzene rings is 4. The topological polar surface area (TPSA) is 366 Å². The first kappa shape index (κ1) is 67.9. The maximum Gasteiger partial charge on any atom is 0.251 e. The lowest BCUT2D eigenvalue weighted by Gasteiger charge is -2.37. The number of hydrogen-bond acceptors (Lipinski definition) is 17. The van der Waals surface area contributed by atoms with Gasteiger partial charge in [0, 0.05) is 44.3 Å². The number of aromatic hydroxyl groups is 1. The monoisotopic (exact) mass is 1230 g/mol. The van der Waals surface area contributed by atoms with E-state index in [4.69, 9.17) is 9.47 Å². The Morgan fingerprint density at radius 3 is 1.72 bits per heavy atom. The van der Waals surface area contributed by atoms with Gasteiger partial charge in [0.05, 0.1) is 52.2 Å². The third-order valence-electron chi connectivity index (χ3n) is 16.5. The second kappa shape index (κ2) is 29.6. The van der Waals surface area contributed by atoms with Crippen molar-refractivity contribution in [3.05, 3.63) is 108 Å². The number of rotatable bonds is 17. The summed E-state index contributed by atoms with van der Waals surface area (Å²) < 4.78 is 12.2. The molecule has 4 aromatic carbocycles. The van der Waals surface area contributed by atoms with Crippen LogP contribution in [0.5, 0.6) is 11.5 Å². The van der Waals surface area contributed by atoms with Crippen LogP contribution in [-0.2, 0) is 33.5 Å².